The van der Waals surface area contributed by atoms with Gasteiger partial charge in [-0.25, -0.2) is 0 Å². The molecule has 0 aliphatic rings. The van der Waals surface area contributed by atoms with Crippen LogP contribution in [0.15, 0.2) is 4.47 Å². The molecule has 0 fully saturated rings. The Hall–Kier alpha value is -0.600. The lowest BCUT2D eigenvalue weighted by molar-refractivity contribution is -0.174. The molecule has 0 aromatic carbocycles. The molecule has 1 aromatic rings. The van der Waals surface area contributed by atoms with E-state index in [1.165, 1.54) is 0 Å². The lowest BCUT2D eigenvalue weighted by atomic mass is 10.1. The summed E-state index contributed by atoms with van der Waals surface area (Å²) >= 11 is 3.47. The summed E-state index contributed by atoms with van der Waals surface area (Å²) < 4.78 is 43.2. The van der Waals surface area contributed by atoms with Crippen molar-refractivity contribution < 1.29 is 17.9 Å². The number of ether oxygens (including phenoxy) is 1. The Bertz CT molecular complexity index is 434. The quantitative estimate of drug-likeness (QED) is 0.816. The number of aryl methyl sites for hydroxylation is 2. The summed E-state index contributed by atoms with van der Waals surface area (Å²) in [6, 6.07) is -0.500. The van der Waals surface area contributed by atoms with Gasteiger partial charge in [0.2, 0.25) is 0 Å². The second kappa shape index (κ2) is 7.42. The number of halogens is 4. The van der Waals surface area contributed by atoms with Crippen molar-refractivity contribution in [1.29, 1.82) is 0 Å². The maximum absolute atomic E-state index is 12.0. The summed E-state index contributed by atoms with van der Waals surface area (Å²) in [6.07, 6.45) is -3.12. The zero-order valence-electron chi connectivity index (χ0n) is 11.5. The largest absolute Gasteiger partial charge is 0.411 e. The Morgan fingerprint density at radius 2 is 2.05 bits per heavy atom. The lowest BCUT2D eigenvalue weighted by Crippen LogP contribution is -2.32. The summed E-state index contributed by atoms with van der Waals surface area (Å²) in [4.78, 5) is 0. The van der Waals surface area contributed by atoms with E-state index in [0.29, 0.717) is 13.0 Å². The fourth-order valence-corrected chi connectivity index (χ4v) is 2.57. The first-order valence-corrected chi connectivity index (χ1v) is 7.21. The smallest absolute Gasteiger partial charge is 0.370 e. The SMILES string of the molecule is CCc1nn(CC)c(CC(N)COCC(F)(F)F)c1Br. The molecule has 0 aliphatic heterocycles. The van der Waals surface area contributed by atoms with Crippen LogP contribution >= 0.6 is 15.9 Å². The van der Waals surface area contributed by atoms with Gasteiger partial charge in [-0.3, -0.25) is 4.68 Å². The van der Waals surface area contributed by atoms with Crippen molar-refractivity contribution in [2.24, 2.45) is 5.73 Å². The van der Waals surface area contributed by atoms with E-state index in [0.717, 1.165) is 22.3 Å². The second-order valence-electron chi connectivity index (χ2n) is 4.47. The van der Waals surface area contributed by atoms with E-state index in [-0.39, 0.29) is 6.61 Å². The van der Waals surface area contributed by atoms with Crippen LogP contribution in [0.3, 0.4) is 0 Å². The molecule has 0 amide bonds. The fourth-order valence-electron chi connectivity index (χ4n) is 1.85. The van der Waals surface area contributed by atoms with E-state index < -0.39 is 18.8 Å². The van der Waals surface area contributed by atoms with E-state index >= 15 is 0 Å². The van der Waals surface area contributed by atoms with E-state index in [1.807, 2.05) is 18.5 Å². The normalized spacial score (nSPS) is 13.8. The summed E-state index contributed by atoms with van der Waals surface area (Å²) in [6.45, 7) is 3.22. The summed E-state index contributed by atoms with van der Waals surface area (Å²) in [5, 5.41) is 4.41. The summed E-state index contributed by atoms with van der Waals surface area (Å²) in [5.41, 5.74) is 7.64. The number of hydrogen-bond donors (Lipinski definition) is 1. The monoisotopic (exact) mass is 357 g/mol. The molecule has 20 heavy (non-hydrogen) atoms. The standard InChI is InChI=1S/C12H19BrF3N3O/c1-3-9-11(13)10(19(4-2)18-9)5-8(17)6-20-7-12(14,15)16/h8H,3-7,17H2,1-2H3. The third-order valence-electron chi connectivity index (χ3n) is 2.75. The molecule has 1 unspecified atom stereocenters. The molecule has 1 rings (SSSR count). The van der Waals surface area contributed by atoms with Crippen LogP contribution in [0.5, 0.6) is 0 Å². The average molecular weight is 358 g/mol. The zero-order chi connectivity index (χ0) is 15.3. The number of alkyl halides is 3. The molecular formula is C12H19BrF3N3O. The Labute approximate surface area is 124 Å². The zero-order valence-corrected chi connectivity index (χ0v) is 13.1. The topological polar surface area (TPSA) is 53.1 Å². The van der Waals surface area contributed by atoms with Gasteiger partial charge in [-0.15, -0.1) is 0 Å². The second-order valence-corrected chi connectivity index (χ2v) is 5.26. The lowest BCUT2D eigenvalue weighted by Gasteiger charge is -2.14. The molecule has 0 aliphatic carbocycles. The van der Waals surface area contributed by atoms with Gasteiger partial charge in [-0.05, 0) is 29.3 Å². The van der Waals surface area contributed by atoms with Crippen molar-refractivity contribution in [2.75, 3.05) is 13.2 Å². The predicted molar refractivity (Wildman–Crippen MR) is 73.5 cm³/mol. The van der Waals surface area contributed by atoms with Gasteiger partial charge in [-0.2, -0.15) is 18.3 Å². The van der Waals surface area contributed by atoms with Gasteiger partial charge >= 0.3 is 6.18 Å². The third-order valence-corrected chi connectivity index (χ3v) is 3.66. The van der Waals surface area contributed by atoms with Crippen molar-refractivity contribution in [3.8, 4) is 0 Å². The van der Waals surface area contributed by atoms with Crippen molar-refractivity contribution in [1.82, 2.24) is 9.78 Å². The minimum absolute atomic E-state index is 0.137. The molecule has 0 radical (unpaired) electrons. The van der Waals surface area contributed by atoms with Crippen molar-refractivity contribution in [2.45, 2.75) is 45.5 Å². The minimum Gasteiger partial charge on any atom is -0.370 e. The maximum atomic E-state index is 12.0. The molecule has 4 nitrogen and oxygen atoms in total. The fraction of sp³-hybridized carbons (Fsp3) is 0.750. The Balaban J connectivity index is 2.61. The van der Waals surface area contributed by atoms with Gasteiger partial charge in [0, 0.05) is 19.0 Å². The van der Waals surface area contributed by atoms with Crippen molar-refractivity contribution >= 4 is 15.9 Å². The highest BCUT2D eigenvalue weighted by Gasteiger charge is 2.28. The molecule has 0 bridgehead atoms. The molecule has 1 atom stereocenters. The van der Waals surface area contributed by atoms with Crippen LogP contribution in [0.1, 0.15) is 25.2 Å². The number of nitrogens with two attached hydrogens (primary N) is 1. The van der Waals surface area contributed by atoms with Gasteiger partial charge in [0.25, 0.3) is 0 Å². The van der Waals surface area contributed by atoms with E-state index in [1.54, 1.807) is 0 Å². The van der Waals surface area contributed by atoms with E-state index in [2.05, 4.69) is 25.8 Å². The molecule has 1 aromatic heterocycles. The average Bonchev–Trinajstić information content (AvgIpc) is 2.64. The molecule has 8 heteroatoms. The van der Waals surface area contributed by atoms with Crippen LogP contribution in [0, 0.1) is 0 Å². The highest BCUT2D eigenvalue weighted by atomic mass is 79.9. The first-order chi connectivity index (χ1) is 9.28. The summed E-state index contributed by atoms with van der Waals surface area (Å²) in [7, 11) is 0. The van der Waals surface area contributed by atoms with Gasteiger partial charge in [0.15, 0.2) is 0 Å². The number of rotatable bonds is 7. The summed E-state index contributed by atoms with van der Waals surface area (Å²) in [5.74, 6) is 0. The molecule has 0 saturated heterocycles. The van der Waals surface area contributed by atoms with E-state index in [9.17, 15) is 13.2 Å². The first kappa shape index (κ1) is 17.5. The predicted octanol–water partition coefficient (Wildman–Crippen LogP) is 2.68. The van der Waals surface area contributed by atoms with Gasteiger partial charge in [-0.1, -0.05) is 6.92 Å². The Morgan fingerprint density at radius 3 is 2.55 bits per heavy atom. The number of hydrogen-bond acceptors (Lipinski definition) is 3. The Morgan fingerprint density at radius 1 is 1.40 bits per heavy atom. The molecule has 116 valence electrons. The molecule has 0 spiro atoms. The van der Waals surface area contributed by atoms with Crippen LogP contribution in [0.4, 0.5) is 13.2 Å². The number of aromatic nitrogens is 2. The van der Waals surface area contributed by atoms with Gasteiger partial charge in [0.1, 0.15) is 6.61 Å². The first-order valence-electron chi connectivity index (χ1n) is 6.42. The molecule has 2 N–H and O–H groups in total. The molecular weight excluding hydrogens is 339 g/mol. The third kappa shape index (κ3) is 5.06. The van der Waals surface area contributed by atoms with Gasteiger partial charge < -0.3 is 10.5 Å². The van der Waals surface area contributed by atoms with Crippen LogP contribution < -0.4 is 5.73 Å². The van der Waals surface area contributed by atoms with Crippen molar-refractivity contribution in [3.05, 3.63) is 15.9 Å². The molecule has 0 saturated carbocycles. The molecule has 1 heterocycles. The Kier molecular flexibility index (Phi) is 6.47. The van der Waals surface area contributed by atoms with Crippen molar-refractivity contribution in [3.63, 3.8) is 0 Å². The van der Waals surface area contributed by atoms with Gasteiger partial charge in [0.05, 0.1) is 22.5 Å². The highest BCUT2D eigenvalue weighted by molar-refractivity contribution is 9.10. The van der Waals surface area contributed by atoms with E-state index in [4.69, 9.17) is 5.73 Å². The van der Waals surface area contributed by atoms with Crippen LogP contribution in [-0.2, 0) is 24.1 Å². The van der Waals surface area contributed by atoms with Crippen LogP contribution in [0.2, 0.25) is 0 Å². The minimum atomic E-state index is -4.32. The van der Waals surface area contributed by atoms with Crippen LogP contribution in [0.25, 0.3) is 0 Å². The van der Waals surface area contributed by atoms with Crippen LogP contribution in [-0.4, -0.2) is 35.2 Å². The number of nitrogens with zero attached hydrogens (tertiary/aromatic N) is 2. The maximum Gasteiger partial charge on any atom is 0.411 e. The highest BCUT2D eigenvalue weighted by Crippen LogP contribution is 2.23.